The molecule has 49 nitrogen and oxygen atoms in total. The number of aromatic nitrogens is 2. The maximum Gasteiger partial charge on any atom is 0.305 e. The number of carbonyl (C=O) groups excluding carboxylic acids is 20. The molecule has 2 unspecified atom stereocenters. The summed E-state index contributed by atoms with van der Waals surface area (Å²) in [6, 6.07) is -8.60. The molecule has 0 saturated carbocycles. The normalized spacial score (nSPS) is 25.0. The molecule has 20 amide bonds. The van der Waals surface area contributed by atoms with Gasteiger partial charge < -0.3 is 115 Å². The Hall–Kier alpha value is -13.4. The molecule has 11 rings (SSSR count). The van der Waals surface area contributed by atoms with Gasteiger partial charge in [-0.3, -0.25) is 115 Å². The van der Waals surface area contributed by atoms with Gasteiger partial charge in [-0.1, -0.05) is 81.1 Å². The number of nitrogens with zero attached hydrogens (tertiary/aromatic N) is 3. The molecule has 4 bridgehead atoms. The molecule has 16 atom stereocenters. The van der Waals surface area contributed by atoms with Crippen LogP contribution >= 0.6 is 31.1 Å². The molecule has 145 heavy (non-hydrogen) atoms. The van der Waals surface area contributed by atoms with Crippen molar-refractivity contribution >= 4 is 194 Å². The second-order valence-electron chi connectivity index (χ2n) is 37.1. The average molecular weight is 2080 g/mol. The van der Waals surface area contributed by atoms with Gasteiger partial charge in [-0.25, -0.2) is 15.3 Å². The third-order valence-corrected chi connectivity index (χ3v) is 30.9. The lowest BCUT2D eigenvalue weighted by atomic mass is 9.96. The molecule has 2 aromatic heterocycles. The van der Waals surface area contributed by atoms with Crippen LogP contribution in [0.4, 0.5) is 11.4 Å². The van der Waals surface area contributed by atoms with E-state index in [0.717, 1.165) is 50.4 Å². The van der Waals surface area contributed by atoms with Gasteiger partial charge in [-0.2, -0.15) is 0 Å². The molecule has 0 aliphatic carbocycles. The predicted octanol–water partition coefficient (Wildman–Crippen LogP) is -2.27. The van der Waals surface area contributed by atoms with E-state index in [1.165, 1.54) is 12.1 Å². The number of H-pyrrole nitrogens is 2. The lowest BCUT2D eigenvalue weighted by Crippen LogP contribution is -2.61. The number of imide groups is 1. The number of carboxylic acid groups (broad SMARTS) is 2. The second-order valence-corrected chi connectivity index (χ2v) is 41.3. The molecule has 9 heterocycles. The molecule has 4 aromatic rings. The third-order valence-electron chi connectivity index (χ3n) is 26.7. The van der Waals surface area contributed by atoms with Crippen molar-refractivity contribution in [3.63, 3.8) is 0 Å². The summed E-state index contributed by atoms with van der Waals surface area (Å²) in [5.74, 6) is -22.7. The first-order chi connectivity index (χ1) is 69.1. The Kier molecular flexibility index (Phi) is 40.1. The van der Waals surface area contributed by atoms with Crippen molar-refractivity contribution < 1.29 is 120 Å². The van der Waals surface area contributed by atoms with Crippen molar-refractivity contribution in [2.75, 3.05) is 87.6 Å². The van der Waals surface area contributed by atoms with Crippen molar-refractivity contribution in [1.29, 1.82) is 0 Å². The standard InChI is InChI=1S/C93H129N24O25PS2/c1-9-46(5)76-86(136)96-40-68(120)103-62-44-144-90-54(36-58(80(130)94-42-70(122)111-76)105-88(138)78(48(7)11-3)113-84(134)64-18-15-31-115(64)92(140)60(38-74(126)127)107-82(62)132)52-34-50(22-24-56(52)109-90)101-66(118)20-13-28-98-143(142,100-30-17-33-117-72(124)26-27-73(117)125)99-29-14-21-67(119)102-51-23-25-57-53(35-51)55-37-59-81(131)95-43-71(123)112-77(47(6)10-2)87(137)97-41-69(121)104-63(45-145-91(55)110-57)83(133)108-61(39-75(128)129)93(141)116-32-16-19-65(116)85(135)114-79(49(8)12-4)89(139)106-59/h22-27,34-35,46-49,58-65,76-79,109-110H,9-21,28-33,36-45H2,1-8H3,(H,94,130)(H,95,131)(H,96,136)(H,97,137)(H,101,118)(H,102,119)(H,103,120)(H,104,121)(H,105,138)(H,106,139)(H,107,132)(H,108,133)(H,111,122)(H,112,123)(H,113,134)(H,114,135)(H,126,127)(H,128,129)(H3,98,99,100,142)/t46-,47-,48?,49?,58-,59-,60-,61-,62-,63-,64-,65-,76-,77-,78-,79-,143?/m0/s1. The van der Waals surface area contributed by atoms with Crippen LogP contribution in [0.3, 0.4) is 0 Å². The van der Waals surface area contributed by atoms with E-state index in [0.29, 0.717) is 34.6 Å². The highest BCUT2D eigenvalue weighted by Gasteiger charge is 2.46. The smallest absolute Gasteiger partial charge is 0.305 e. The second kappa shape index (κ2) is 51.9. The summed E-state index contributed by atoms with van der Waals surface area (Å²) < 4.78 is 15.0. The van der Waals surface area contributed by atoms with E-state index in [-0.39, 0.29) is 142 Å². The number of anilines is 2. The number of aromatic amines is 2. The summed E-state index contributed by atoms with van der Waals surface area (Å²) in [6.07, 6.45) is 1.07. The fraction of sp³-hybridized carbons (Fsp3) is 0.570. The van der Waals surface area contributed by atoms with Gasteiger partial charge in [-0.15, -0.1) is 23.5 Å². The van der Waals surface area contributed by atoms with Crippen LogP contribution in [0.25, 0.3) is 21.8 Å². The number of carbonyl (C=O) groups is 22. The Morgan fingerprint density at radius 1 is 0.421 bits per heavy atom. The van der Waals surface area contributed by atoms with E-state index in [1.807, 2.05) is 0 Å². The van der Waals surface area contributed by atoms with E-state index in [9.17, 15) is 116 Å². The molecule has 0 radical (unpaired) electrons. The van der Waals surface area contributed by atoms with Gasteiger partial charge in [0.25, 0.3) is 19.4 Å². The first kappa shape index (κ1) is 112. The van der Waals surface area contributed by atoms with E-state index in [1.54, 1.807) is 79.7 Å². The fourth-order valence-electron chi connectivity index (χ4n) is 17.7. The molecule has 23 N–H and O–H groups in total. The lowest BCUT2D eigenvalue weighted by Gasteiger charge is -2.32. The zero-order valence-corrected chi connectivity index (χ0v) is 84.3. The van der Waals surface area contributed by atoms with Crippen LogP contribution < -0.4 is 100 Å². The minimum Gasteiger partial charge on any atom is -0.481 e. The minimum absolute atomic E-state index is 0.0120. The summed E-state index contributed by atoms with van der Waals surface area (Å²) in [7, 11) is -3.95. The summed E-state index contributed by atoms with van der Waals surface area (Å²) in [5.41, 5.74) is 1.60. The third kappa shape index (κ3) is 30.2. The fourth-order valence-corrected chi connectivity index (χ4v) is 21.7. The van der Waals surface area contributed by atoms with Crippen LogP contribution in [0.2, 0.25) is 0 Å². The van der Waals surface area contributed by atoms with E-state index >= 15 is 4.57 Å². The van der Waals surface area contributed by atoms with E-state index in [2.05, 4.69) is 110 Å². The van der Waals surface area contributed by atoms with Gasteiger partial charge in [0.05, 0.1) is 49.1 Å². The topological polar surface area (TPSA) is 703 Å². The van der Waals surface area contributed by atoms with E-state index < -0.39 is 297 Å². The monoisotopic (exact) mass is 2080 g/mol. The highest BCUT2D eigenvalue weighted by molar-refractivity contribution is 7.99. The van der Waals surface area contributed by atoms with Gasteiger partial charge in [-0.05, 0) is 116 Å². The molecular weight excluding hydrogens is 1950 g/mol. The van der Waals surface area contributed by atoms with Crippen LogP contribution in [0, 0.1) is 23.7 Å². The van der Waals surface area contributed by atoms with Crippen molar-refractivity contribution in [2.45, 2.75) is 247 Å². The van der Waals surface area contributed by atoms with Crippen molar-refractivity contribution in [3.8, 4) is 0 Å². The van der Waals surface area contributed by atoms with Gasteiger partial charge >= 0.3 is 11.9 Å². The summed E-state index contributed by atoms with van der Waals surface area (Å²) >= 11 is 1.84. The van der Waals surface area contributed by atoms with Crippen molar-refractivity contribution in [1.82, 2.24) is 114 Å². The van der Waals surface area contributed by atoms with Crippen molar-refractivity contribution in [3.05, 3.63) is 59.7 Å². The van der Waals surface area contributed by atoms with Crippen LogP contribution in [0.15, 0.2) is 58.6 Å². The summed E-state index contributed by atoms with van der Waals surface area (Å²) in [5, 5.41) is 72.6. The number of amides is 20. The Morgan fingerprint density at radius 2 is 0.772 bits per heavy atom. The van der Waals surface area contributed by atoms with Crippen molar-refractivity contribution in [2.24, 2.45) is 23.7 Å². The quantitative estimate of drug-likeness (QED) is 0.0155. The Bertz CT molecular complexity index is 5390. The molecule has 7 aliphatic rings. The number of hydrogen-bond acceptors (Lipinski definition) is 25. The number of carboxylic acids is 2. The molecule has 2 fully saturated rings. The number of rotatable bonds is 29. The molecule has 2 saturated heterocycles. The molecule has 52 heteroatoms. The number of hydrogen-bond donors (Lipinski definition) is 23. The van der Waals surface area contributed by atoms with Crippen LogP contribution in [-0.2, 0) is 123 Å². The van der Waals surface area contributed by atoms with Gasteiger partial charge in [0.2, 0.25) is 106 Å². The zero-order valence-electron chi connectivity index (χ0n) is 81.8. The Balaban J connectivity index is 0.837. The summed E-state index contributed by atoms with van der Waals surface area (Å²) in [6.45, 7) is 10.2. The summed E-state index contributed by atoms with van der Waals surface area (Å²) in [4.78, 5) is 319. The number of aliphatic carboxylic acids is 2. The largest absolute Gasteiger partial charge is 0.481 e. The molecule has 0 spiro atoms. The Morgan fingerprint density at radius 3 is 1.14 bits per heavy atom. The Labute approximate surface area is 842 Å². The van der Waals surface area contributed by atoms with Gasteiger partial charge in [0.15, 0.2) is 0 Å². The maximum absolute atomic E-state index is 15.0. The van der Waals surface area contributed by atoms with Crippen LogP contribution in [-0.4, -0.2) is 314 Å². The number of fused-ring (bicyclic) bond motifs is 10. The number of thioether (sulfide) groups is 2. The van der Waals surface area contributed by atoms with E-state index in [4.69, 9.17) is 0 Å². The first-order valence-electron chi connectivity index (χ1n) is 48.8. The predicted molar refractivity (Wildman–Crippen MR) is 526 cm³/mol. The SMILES string of the molecule is CCC(C)[C@@H]1NC(=O)[C@@H]2CCCN2C(=O)[C@H](CC(=O)O)NC(=O)[C@@H]2CSc3[nH]c4ccc(NC(=O)CCCNP(=O)(NCCCC(=O)Nc5ccc6[nH]c7c(c6c5)C[C@@H]5NC(=O)[C@H](C(C)CC)NC(=O)[C@@H]6CCCN6C(=O)[C@H](CC(=O)O)NC(=O)[C@H](CS7)NC(=O)CNC(=O)[C@H]([C@@H](C)CC)NC(=O)CNC5=O)NCCCN5C(=O)C=CC5=O)cc4c3C[C@H](NC1=O)C(=O)NCC(=O)N[C@@H]([C@@H](C)CC)C(=O)NCC(=O)N2. The molecular formula is C93H129N24O25PS2. The molecule has 788 valence electrons. The highest BCUT2D eigenvalue weighted by atomic mass is 32.2. The first-order valence-corrected chi connectivity index (χ1v) is 52.4. The number of nitrogens with one attached hydrogen (secondary N) is 21. The zero-order chi connectivity index (χ0) is 105. The highest BCUT2D eigenvalue weighted by Crippen LogP contribution is 2.38. The van der Waals surface area contributed by atoms with Crippen LogP contribution in [0.1, 0.15) is 163 Å². The number of benzene rings is 2. The lowest BCUT2D eigenvalue weighted by molar-refractivity contribution is -0.146. The van der Waals surface area contributed by atoms with Gasteiger partial charge in [0.1, 0.15) is 72.5 Å². The van der Waals surface area contributed by atoms with Gasteiger partial charge in [0, 0.05) is 122 Å². The molecule has 2 aromatic carbocycles. The average Bonchev–Trinajstić information content (AvgIpc) is 1.65. The minimum atomic E-state index is -3.95. The molecule has 7 aliphatic heterocycles. The maximum atomic E-state index is 15.0. The van der Waals surface area contributed by atoms with Crippen LogP contribution in [0.5, 0.6) is 0 Å².